The molecule has 0 aliphatic heterocycles. The zero-order chi connectivity index (χ0) is 33.5. The van der Waals surface area contributed by atoms with Gasteiger partial charge in [-0.25, -0.2) is 9.97 Å². The minimum Gasteiger partial charge on any atom is -0.308 e. The quantitative estimate of drug-likeness (QED) is 0.187. The van der Waals surface area contributed by atoms with Crippen molar-refractivity contribution in [3.8, 4) is 33.6 Å². The fourth-order valence-corrected chi connectivity index (χ4v) is 9.29. The molecule has 4 nitrogen and oxygen atoms in total. The zero-order valence-corrected chi connectivity index (χ0v) is 28.2. The first-order valence-electron chi connectivity index (χ1n) is 17.2. The van der Waals surface area contributed by atoms with E-state index in [0.717, 1.165) is 21.6 Å². The molecule has 5 heteroatoms. The summed E-state index contributed by atoms with van der Waals surface area (Å²) >= 11 is 1.76. The van der Waals surface area contributed by atoms with Crippen molar-refractivity contribution in [3.63, 3.8) is 0 Å². The first-order valence-corrected chi connectivity index (χ1v) is 18.0. The Morgan fingerprint density at radius 1 is 0.431 bits per heavy atom. The van der Waals surface area contributed by atoms with E-state index in [0.29, 0.717) is 0 Å². The van der Waals surface area contributed by atoms with Crippen LogP contribution in [0.4, 0.5) is 0 Å². The SMILES string of the molecule is c1ccc(-c2cc(-c3ccccc3)cc(-n3c4ccccc4c4c5c6cncnc6sc5c5c(c6ccccc6n5-c5ccccc5)c43)c2)cc1. The molecule has 0 saturated carbocycles. The minimum absolute atomic E-state index is 0.993. The van der Waals surface area contributed by atoms with Gasteiger partial charge in [-0.3, -0.25) is 0 Å². The molecule has 11 rings (SSSR count). The normalized spacial score (nSPS) is 11.9. The summed E-state index contributed by atoms with van der Waals surface area (Å²) in [6.07, 6.45) is 3.67. The van der Waals surface area contributed by atoms with Crippen LogP contribution >= 0.6 is 11.3 Å². The van der Waals surface area contributed by atoms with E-state index in [1.54, 1.807) is 17.7 Å². The fraction of sp³-hybridized carbons (Fsp3) is 0. The zero-order valence-electron chi connectivity index (χ0n) is 27.4. The van der Waals surface area contributed by atoms with E-state index >= 15 is 0 Å². The predicted octanol–water partition coefficient (Wildman–Crippen LogP) is 12.4. The van der Waals surface area contributed by atoms with Crippen molar-refractivity contribution in [1.29, 1.82) is 0 Å². The molecule has 0 atom stereocenters. The van der Waals surface area contributed by atoms with Crippen LogP contribution in [0, 0.1) is 0 Å². The molecule has 11 aromatic rings. The summed E-state index contributed by atoms with van der Waals surface area (Å²) in [5.41, 5.74) is 11.7. The number of rotatable bonds is 4. The van der Waals surface area contributed by atoms with Gasteiger partial charge in [0, 0.05) is 49.9 Å². The molecule has 4 heterocycles. The van der Waals surface area contributed by atoms with Gasteiger partial charge in [0.05, 0.1) is 26.8 Å². The highest BCUT2D eigenvalue weighted by atomic mass is 32.1. The van der Waals surface area contributed by atoms with Crippen molar-refractivity contribution in [3.05, 3.63) is 170 Å². The molecule has 238 valence electrons. The van der Waals surface area contributed by atoms with E-state index in [4.69, 9.17) is 4.98 Å². The standard InChI is InChI=1S/C46H28N4S/c1-4-14-29(15-5-1)31-24-32(30-16-6-2-7-17-30)26-34(25-31)50-38-22-12-10-20-35(38)40-41-37-27-47-28-48-46(37)51-45(41)44-42(43(40)50)36-21-11-13-23-39(36)49(44)33-18-8-3-9-19-33/h1-28H. The van der Waals surface area contributed by atoms with E-state index in [2.05, 4.69) is 172 Å². The van der Waals surface area contributed by atoms with Crippen molar-refractivity contribution >= 4 is 75.3 Å². The summed E-state index contributed by atoms with van der Waals surface area (Å²) < 4.78 is 6.19. The lowest BCUT2D eigenvalue weighted by Gasteiger charge is -2.15. The Kier molecular flexibility index (Phi) is 6.09. The van der Waals surface area contributed by atoms with E-state index in [-0.39, 0.29) is 0 Å². The van der Waals surface area contributed by atoms with Gasteiger partial charge in [0.25, 0.3) is 0 Å². The van der Waals surface area contributed by atoms with Crippen LogP contribution in [-0.4, -0.2) is 19.1 Å². The average Bonchev–Trinajstić information content (AvgIpc) is 3.87. The second-order valence-corrected chi connectivity index (χ2v) is 14.0. The summed E-state index contributed by atoms with van der Waals surface area (Å²) in [7, 11) is 0. The summed E-state index contributed by atoms with van der Waals surface area (Å²) in [5.74, 6) is 0. The van der Waals surface area contributed by atoms with E-state index < -0.39 is 0 Å². The summed E-state index contributed by atoms with van der Waals surface area (Å²) in [5, 5.41) is 7.19. The van der Waals surface area contributed by atoms with Gasteiger partial charge < -0.3 is 9.13 Å². The van der Waals surface area contributed by atoms with Crippen molar-refractivity contribution in [2.24, 2.45) is 0 Å². The lowest BCUT2D eigenvalue weighted by Crippen LogP contribution is -1.97. The smallest absolute Gasteiger partial charge is 0.127 e. The topological polar surface area (TPSA) is 35.6 Å². The Balaban J connectivity index is 1.41. The molecule has 0 aliphatic carbocycles. The van der Waals surface area contributed by atoms with Gasteiger partial charge >= 0.3 is 0 Å². The summed E-state index contributed by atoms with van der Waals surface area (Å²) in [4.78, 5) is 10.4. The molecule has 0 N–H and O–H groups in total. The number of benzene rings is 7. The number of hydrogen-bond donors (Lipinski definition) is 0. The Morgan fingerprint density at radius 3 is 1.63 bits per heavy atom. The van der Waals surface area contributed by atoms with Crippen LogP contribution in [0.2, 0.25) is 0 Å². The van der Waals surface area contributed by atoms with Crippen molar-refractivity contribution < 1.29 is 0 Å². The van der Waals surface area contributed by atoms with Crippen LogP contribution in [0.3, 0.4) is 0 Å². The molecule has 0 aliphatic rings. The molecular formula is C46H28N4S. The fourth-order valence-electron chi connectivity index (χ4n) is 8.13. The molecule has 0 fully saturated rings. The molecular weight excluding hydrogens is 641 g/mol. The molecule has 7 aromatic carbocycles. The number of para-hydroxylation sites is 3. The maximum absolute atomic E-state index is 4.82. The lowest BCUT2D eigenvalue weighted by atomic mass is 9.97. The molecule has 0 radical (unpaired) electrons. The number of aromatic nitrogens is 4. The molecule has 4 aromatic heterocycles. The molecule has 0 unspecified atom stereocenters. The minimum atomic E-state index is 0.993. The maximum atomic E-state index is 4.82. The second-order valence-electron chi connectivity index (χ2n) is 13.0. The van der Waals surface area contributed by atoms with Crippen molar-refractivity contribution in [2.45, 2.75) is 0 Å². The lowest BCUT2D eigenvalue weighted by molar-refractivity contribution is 1.18. The van der Waals surface area contributed by atoms with E-state index in [1.807, 2.05) is 6.20 Å². The van der Waals surface area contributed by atoms with Gasteiger partial charge in [-0.15, -0.1) is 11.3 Å². The van der Waals surface area contributed by atoms with Gasteiger partial charge in [-0.05, 0) is 64.7 Å². The summed E-state index contributed by atoms with van der Waals surface area (Å²) in [6.45, 7) is 0. The highest BCUT2D eigenvalue weighted by Crippen LogP contribution is 2.51. The molecule has 0 bridgehead atoms. The molecule has 0 amide bonds. The first kappa shape index (κ1) is 28.3. The number of nitrogens with zero attached hydrogens (tertiary/aromatic N) is 4. The maximum Gasteiger partial charge on any atom is 0.127 e. The Hall–Kier alpha value is -6.56. The second kappa shape index (κ2) is 11.0. The molecule has 0 saturated heterocycles. The number of thiophene rings is 1. The number of fused-ring (bicyclic) bond motifs is 12. The summed E-state index contributed by atoms with van der Waals surface area (Å²) in [6, 6.07) is 56.9. The van der Waals surface area contributed by atoms with Crippen LogP contribution in [0.5, 0.6) is 0 Å². The predicted molar refractivity (Wildman–Crippen MR) is 214 cm³/mol. The Bertz CT molecular complexity index is 3060. The molecule has 0 spiro atoms. The van der Waals surface area contributed by atoms with Crippen LogP contribution in [-0.2, 0) is 0 Å². The number of hydrogen-bond acceptors (Lipinski definition) is 3. The van der Waals surface area contributed by atoms with Crippen LogP contribution in [0.25, 0.3) is 97.5 Å². The van der Waals surface area contributed by atoms with Gasteiger partial charge in [0.2, 0.25) is 0 Å². The molecule has 51 heavy (non-hydrogen) atoms. The first-order chi connectivity index (χ1) is 25.3. The van der Waals surface area contributed by atoms with Crippen molar-refractivity contribution in [2.75, 3.05) is 0 Å². The van der Waals surface area contributed by atoms with E-state index in [1.165, 1.54) is 76.0 Å². The monoisotopic (exact) mass is 668 g/mol. The average molecular weight is 669 g/mol. The third-order valence-electron chi connectivity index (χ3n) is 10.2. The van der Waals surface area contributed by atoms with Crippen LogP contribution in [0.15, 0.2) is 170 Å². The third-order valence-corrected chi connectivity index (χ3v) is 11.3. The van der Waals surface area contributed by atoms with Gasteiger partial charge in [-0.2, -0.15) is 0 Å². The largest absolute Gasteiger partial charge is 0.308 e. The van der Waals surface area contributed by atoms with Gasteiger partial charge in [-0.1, -0.05) is 115 Å². The van der Waals surface area contributed by atoms with Gasteiger partial charge in [0.15, 0.2) is 0 Å². The van der Waals surface area contributed by atoms with Crippen molar-refractivity contribution in [1.82, 2.24) is 19.1 Å². The Labute approximate surface area is 297 Å². The highest BCUT2D eigenvalue weighted by molar-refractivity contribution is 7.26. The third kappa shape index (κ3) is 4.13. The Morgan fingerprint density at radius 2 is 0.980 bits per heavy atom. The van der Waals surface area contributed by atoms with Gasteiger partial charge in [0.1, 0.15) is 11.2 Å². The van der Waals surface area contributed by atoms with Crippen LogP contribution < -0.4 is 0 Å². The van der Waals surface area contributed by atoms with Crippen LogP contribution in [0.1, 0.15) is 0 Å². The van der Waals surface area contributed by atoms with E-state index in [9.17, 15) is 0 Å². The highest BCUT2D eigenvalue weighted by Gasteiger charge is 2.27.